The van der Waals surface area contributed by atoms with E-state index in [0.29, 0.717) is 25.4 Å². The summed E-state index contributed by atoms with van der Waals surface area (Å²) in [6, 6.07) is 13.8. The highest BCUT2D eigenvalue weighted by molar-refractivity contribution is 7.85. The molecule has 0 aromatic heterocycles. The van der Waals surface area contributed by atoms with E-state index in [1.165, 1.54) is 4.90 Å². The number of amides is 2. The van der Waals surface area contributed by atoms with Gasteiger partial charge in [-0.05, 0) is 60.1 Å². The summed E-state index contributed by atoms with van der Waals surface area (Å²) in [5, 5.41) is 13.6. The fourth-order valence-corrected chi connectivity index (χ4v) is 7.88. The van der Waals surface area contributed by atoms with E-state index in [0.717, 1.165) is 48.3 Å². The largest absolute Gasteiger partial charge is 0.497 e. The van der Waals surface area contributed by atoms with Gasteiger partial charge in [-0.15, -0.1) is 0 Å². The predicted octanol–water partition coefficient (Wildman–Crippen LogP) is 5.28. The topological polar surface area (TPSA) is 153 Å². The molecule has 1 saturated heterocycles. The van der Waals surface area contributed by atoms with Crippen LogP contribution in [0.15, 0.2) is 42.5 Å². The summed E-state index contributed by atoms with van der Waals surface area (Å²) in [7, 11) is -0.347. The molecule has 2 aromatic carbocycles. The van der Waals surface area contributed by atoms with Crippen molar-refractivity contribution in [3.63, 3.8) is 0 Å². The van der Waals surface area contributed by atoms with Gasteiger partial charge in [0, 0.05) is 38.1 Å². The van der Waals surface area contributed by atoms with E-state index in [9.17, 15) is 23.1 Å². The lowest BCUT2D eigenvalue weighted by Crippen LogP contribution is -2.67. The third-order valence-electron chi connectivity index (χ3n) is 10.3. The van der Waals surface area contributed by atoms with Crippen LogP contribution in [0.4, 0.5) is 10.5 Å². The standard InChI is InChI=1S/C38H57N3O10S/c1-36(2,3)38(26-37(4,5)34(42)39-16-20-51-52(8,45)46)23-30(28-11-13-29(48-7)14-12-28)33(24-41(38)35(43)44)50-25-27-10-15-32-31(22-27)40(18-21-49-32)17-9-19-47-6/h10-15,22,30,33H,9,16-21,23-26H2,1-8H3,(H,39,42)(H,43,44)/t30-,33+,38+/m1/s1. The number of ether oxygens (including phenoxy) is 4. The molecule has 0 saturated carbocycles. The lowest BCUT2D eigenvalue weighted by atomic mass is 9.58. The highest BCUT2D eigenvalue weighted by Gasteiger charge is 2.58. The van der Waals surface area contributed by atoms with Gasteiger partial charge >= 0.3 is 6.09 Å². The van der Waals surface area contributed by atoms with Crippen molar-refractivity contribution in [3.05, 3.63) is 53.6 Å². The van der Waals surface area contributed by atoms with Crippen LogP contribution in [0.2, 0.25) is 0 Å². The zero-order valence-electron chi connectivity index (χ0n) is 31.9. The molecule has 1 fully saturated rings. The Labute approximate surface area is 309 Å². The smallest absolute Gasteiger partial charge is 0.407 e. The van der Waals surface area contributed by atoms with Crippen LogP contribution in [0.3, 0.4) is 0 Å². The van der Waals surface area contributed by atoms with E-state index in [4.69, 9.17) is 23.1 Å². The number of benzene rings is 2. The fraction of sp³-hybridized carbons (Fsp3) is 0.632. The zero-order valence-corrected chi connectivity index (χ0v) is 32.7. The van der Waals surface area contributed by atoms with Gasteiger partial charge in [-0.1, -0.05) is 52.8 Å². The van der Waals surface area contributed by atoms with Gasteiger partial charge in [-0.3, -0.25) is 13.9 Å². The van der Waals surface area contributed by atoms with E-state index >= 15 is 0 Å². The van der Waals surface area contributed by atoms with Crippen LogP contribution < -0.4 is 19.7 Å². The minimum absolute atomic E-state index is 0.00931. The summed E-state index contributed by atoms with van der Waals surface area (Å²) in [4.78, 5) is 30.7. The molecule has 0 spiro atoms. The average molecular weight is 748 g/mol. The lowest BCUT2D eigenvalue weighted by molar-refractivity contribution is -0.140. The number of hydrogen-bond acceptors (Lipinski definition) is 10. The third-order valence-corrected chi connectivity index (χ3v) is 10.9. The Morgan fingerprint density at radius 3 is 2.38 bits per heavy atom. The Balaban J connectivity index is 1.66. The molecular weight excluding hydrogens is 690 g/mol. The molecule has 2 aromatic rings. The van der Waals surface area contributed by atoms with Gasteiger partial charge in [0.25, 0.3) is 10.1 Å². The molecule has 3 atom stereocenters. The number of carboxylic acid groups (broad SMARTS) is 1. The maximum atomic E-state index is 13.6. The van der Waals surface area contributed by atoms with E-state index in [1.807, 2.05) is 57.2 Å². The summed E-state index contributed by atoms with van der Waals surface area (Å²) in [6.45, 7) is 12.6. The molecule has 14 heteroatoms. The summed E-state index contributed by atoms with van der Waals surface area (Å²) in [5.41, 5.74) is 0.280. The van der Waals surface area contributed by atoms with Crippen molar-refractivity contribution in [3.8, 4) is 11.5 Å². The van der Waals surface area contributed by atoms with Crippen LogP contribution in [-0.2, 0) is 35.2 Å². The molecule has 2 heterocycles. The van der Waals surface area contributed by atoms with Crippen molar-refractivity contribution in [2.45, 2.75) is 78.0 Å². The van der Waals surface area contributed by atoms with Crippen LogP contribution in [-0.4, -0.2) is 109 Å². The minimum Gasteiger partial charge on any atom is -0.497 e. The van der Waals surface area contributed by atoms with E-state index in [1.54, 1.807) is 28.1 Å². The Bertz CT molecular complexity index is 1630. The van der Waals surface area contributed by atoms with Crippen molar-refractivity contribution < 1.29 is 46.2 Å². The second-order valence-corrected chi connectivity index (χ2v) is 17.1. The van der Waals surface area contributed by atoms with Crippen LogP contribution in [0.25, 0.3) is 0 Å². The van der Waals surface area contributed by atoms with Gasteiger partial charge in [0.2, 0.25) is 5.91 Å². The molecule has 0 bridgehead atoms. The molecule has 13 nitrogen and oxygen atoms in total. The highest BCUT2D eigenvalue weighted by Crippen LogP contribution is 2.53. The number of nitrogens with zero attached hydrogens (tertiary/aromatic N) is 2. The number of anilines is 1. The lowest BCUT2D eigenvalue weighted by Gasteiger charge is -2.59. The van der Waals surface area contributed by atoms with Crippen molar-refractivity contribution in [1.82, 2.24) is 10.2 Å². The number of carbonyl (C=O) groups excluding carboxylic acids is 1. The summed E-state index contributed by atoms with van der Waals surface area (Å²) >= 11 is 0. The second kappa shape index (κ2) is 17.0. The average Bonchev–Trinajstić information content (AvgIpc) is 3.08. The predicted molar refractivity (Wildman–Crippen MR) is 199 cm³/mol. The van der Waals surface area contributed by atoms with Crippen molar-refractivity contribution in [2.24, 2.45) is 10.8 Å². The Hall–Kier alpha value is -3.59. The summed E-state index contributed by atoms with van der Waals surface area (Å²) in [5.74, 6) is 0.970. The molecule has 2 amide bonds. The first-order valence-electron chi connectivity index (χ1n) is 17.8. The van der Waals surface area contributed by atoms with Gasteiger partial charge in [0.05, 0.1) is 57.0 Å². The van der Waals surface area contributed by atoms with Gasteiger partial charge in [-0.2, -0.15) is 8.42 Å². The van der Waals surface area contributed by atoms with Crippen LogP contribution in [0.5, 0.6) is 11.5 Å². The minimum atomic E-state index is -3.66. The number of hydrogen-bond donors (Lipinski definition) is 2. The fourth-order valence-electron chi connectivity index (χ4n) is 7.50. The molecule has 0 radical (unpaired) electrons. The molecule has 2 aliphatic rings. The van der Waals surface area contributed by atoms with E-state index in [-0.39, 0.29) is 44.5 Å². The summed E-state index contributed by atoms with van der Waals surface area (Å²) < 4.78 is 51.0. The SMILES string of the molecule is COCCCN1CCOc2ccc(CO[C@H]3CN(C(=O)O)[C@@](CC(C)(C)C(=O)NCCOS(C)(=O)=O)(C(C)(C)C)C[C@@H]3c3ccc(OC)cc3)cc21. The second-order valence-electron chi connectivity index (χ2n) is 15.4. The number of rotatable bonds is 16. The zero-order chi connectivity index (χ0) is 38.3. The number of piperidine rings is 1. The van der Waals surface area contributed by atoms with E-state index < -0.39 is 38.7 Å². The molecule has 0 unspecified atom stereocenters. The monoisotopic (exact) mass is 747 g/mol. The highest BCUT2D eigenvalue weighted by atomic mass is 32.2. The number of fused-ring (bicyclic) bond motifs is 1. The number of likely N-dealkylation sites (tertiary alicyclic amines) is 1. The van der Waals surface area contributed by atoms with Gasteiger partial charge in [0.15, 0.2) is 0 Å². The molecule has 2 N–H and O–H groups in total. The Morgan fingerprint density at radius 2 is 1.77 bits per heavy atom. The normalized spacial score (nSPS) is 20.9. The van der Waals surface area contributed by atoms with Crippen LogP contribution in [0, 0.1) is 10.8 Å². The molecule has 4 rings (SSSR count). The van der Waals surface area contributed by atoms with Crippen LogP contribution >= 0.6 is 0 Å². The maximum Gasteiger partial charge on any atom is 0.407 e. The van der Waals surface area contributed by atoms with E-state index in [2.05, 4.69) is 16.3 Å². The maximum absolute atomic E-state index is 13.6. The molecule has 0 aliphatic carbocycles. The third kappa shape index (κ3) is 10.1. The molecule has 290 valence electrons. The number of carbonyl (C=O) groups is 2. The number of methoxy groups -OCH3 is 2. The van der Waals surface area contributed by atoms with Crippen molar-refractivity contribution in [1.29, 1.82) is 0 Å². The Morgan fingerprint density at radius 1 is 1.06 bits per heavy atom. The number of nitrogens with one attached hydrogen (secondary N) is 1. The van der Waals surface area contributed by atoms with Gasteiger partial charge in [0.1, 0.15) is 18.1 Å². The van der Waals surface area contributed by atoms with Crippen molar-refractivity contribution >= 4 is 27.8 Å². The molecular formula is C38H57N3O10S. The first-order chi connectivity index (χ1) is 24.4. The molecule has 2 aliphatic heterocycles. The first-order valence-corrected chi connectivity index (χ1v) is 19.6. The quantitative estimate of drug-likeness (QED) is 0.171. The van der Waals surface area contributed by atoms with Crippen molar-refractivity contribution in [2.75, 3.05) is 71.4 Å². The summed E-state index contributed by atoms with van der Waals surface area (Å²) in [6.07, 6.45) is 0.838. The van der Waals surface area contributed by atoms with Gasteiger partial charge < -0.3 is 34.3 Å². The first kappa shape index (κ1) is 41.2. The van der Waals surface area contributed by atoms with Crippen LogP contribution in [0.1, 0.15) is 70.9 Å². The van der Waals surface area contributed by atoms with Gasteiger partial charge in [-0.25, -0.2) is 4.79 Å². The Kier molecular flexibility index (Phi) is 13.5. The molecule has 52 heavy (non-hydrogen) atoms.